The van der Waals surface area contributed by atoms with Gasteiger partial charge in [0.2, 0.25) is 5.91 Å². The third kappa shape index (κ3) is 5.22. The number of amides is 1. The minimum Gasteiger partial charge on any atom is -0.349 e. The van der Waals surface area contributed by atoms with Crippen molar-refractivity contribution in [2.75, 3.05) is 6.54 Å². The molecule has 0 spiro atoms. The standard InChI is InChI=1S/C27H31F3N4O/c1-18-31-24-9-5-6-10-25(24)34(18)22-15-20-11-12-21(16-22)33(20)14-13-23(19-7-3-2-4-8-19)32-26(35)17-27(28,29)30/h2-10,20-23H,11-17H2,1H3,(H,32,35)/t20?,21?,22?,23-/m1/s1. The Kier molecular flexibility index (Phi) is 6.57. The summed E-state index contributed by atoms with van der Waals surface area (Å²) in [7, 11) is 0. The van der Waals surface area contributed by atoms with Crippen LogP contribution in [0.4, 0.5) is 13.2 Å². The number of carbonyl (C=O) groups is 1. The van der Waals surface area contributed by atoms with E-state index in [1.54, 1.807) is 0 Å². The number of hydrogen-bond donors (Lipinski definition) is 1. The van der Waals surface area contributed by atoms with Gasteiger partial charge in [-0.3, -0.25) is 9.69 Å². The Morgan fingerprint density at radius 1 is 1.03 bits per heavy atom. The number of fused-ring (bicyclic) bond motifs is 3. The topological polar surface area (TPSA) is 50.2 Å². The maximum absolute atomic E-state index is 12.7. The summed E-state index contributed by atoms with van der Waals surface area (Å²) >= 11 is 0. The number of nitrogens with one attached hydrogen (secondary N) is 1. The first-order valence-electron chi connectivity index (χ1n) is 12.4. The van der Waals surface area contributed by atoms with Crippen molar-refractivity contribution in [3.05, 3.63) is 66.0 Å². The van der Waals surface area contributed by atoms with Crippen molar-refractivity contribution in [2.24, 2.45) is 0 Å². The zero-order valence-corrected chi connectivity index (χ0v) is 19.8. The highest BCUT2D eigenvalue weighted by Crippen LogP contribution is 2.42. The number of rotatable bonds is 7. The minimum atomic E-state index is -4.51. The molecule has 0 radical (unpaired) electrons. The molecule has 0 saturated carbocycles. The van der Waals surface area contributed by atoms with E-state index in [1.807, 2.05) is 36.4 Å². The van der Waals surface area contributed by atoms with Gasteiger partial charge in [0, 0.05) is 24.7 Å². The Morgan fingerprint density at radius 2 is 1.69 bits per heavy atom. The zero-order chi connectivity index (χ0) is 24.6. The van der Waals surface area contributed by atoms with E-state index in [0.29, 0.717) is 24.5 Å². The highest BCUT2D eigenvalue weighted by atomic mass is 19.4. The number of aryl methyl sites for hydroxylation is 1. The molecule has 0 aliphatic carbocycles. The van der Waals surface area contributed by atoms with Crippen LogP contribution >= 0.6 is 0 Å². The first-order chi connectivity index (χ1) is 16.8. The van der Waals surface area contributed by atoms with Gasteiger partial charge in [0.25, 0.3) is 0 Å². The fourth-order valence-corrected chi connectivity index (χ4v) is 6.16. The number of piperidine rings is 1. The van der Waals surface area contributed by atoms with Crippen molar-refractivity contribution in [2.45, 2.75) is 75.8 Å². The van der Waals surface area contributed by atoms with E-state index >= 15 is 0 Å². The number of alkyl halides is 3. The van der Waals surface area contributed by atoms with Crippen LogP contribution in [-0.2, 0) is 4.79 Å². The molecule has 8 heteroatoms. The smallest absolute Gasteiger partial charge is 0.349 e. The van der Waals surface area contributed by atoms with Crippen molar-refractivity contribution >= 4 is 16.9 Å². The normalized spacial score (nSPS) is 23.5. The number of para-hydroxylation sites is 2. The molecule has 2 aliphatic rings. The van der Waals surface area contributed by atoms with Crippen molar-refractivity contribution < 1.29 is 18.0 Å². The molecule has 1 N–H and O–H groups in total. The summed E-state index contributed by atoms with van der Waals surface area (Å²) in [5.74, 6) is 0.0658. The average Bonchev–Trinajstić information content (AvgIpc) is 3.26. The number of carbonyl (C=O) groups excluding carboxylic acids is 1. The fraction of sp³-hybridized carbons (Fsp3) is 0.481. The second-order valence-corrected chi connectivity index (χ2v) is 9.88. The molecule has 2 fully saturated rings. The number of halogens is 3. The SMILES string of the molecule is Cc1nc2ccccc2n1C1CC2CCC(C1)N2CC[C@@H](NC(=O)CC(F)(F)F)c1ccccc1. The van der Waals surface area contributed by atoms with Crippen LogP contribution in [0.15, 0.2) is 54.6 Å². The molecule has 186 valence electrons. The van der Waals surface area contributed by atoms with E-state index in [2.05, 4.69) is 39.9 Å². The predicted molar refractivity (Wildman–Crippen MR) is 129 cm³/mol. The Balaban J connectivity index is 1.28. The molecule has 5 rings (SSSR count). The van der Waals surface area contributed by atoms with Crippen molar-refractivity contribution in [1.29, 1.82) is 0 Å². The summed E-state index contributed by atoms with van der Waals surface area (Å²) in [6, 6.07) is 18.4. The first-order valence-corrected chi connectivity index (χ1v) is 12.4. The maximum Gasteiger partial charge on any atom is 0.397 e. The number of benzene rings is 2. The molecule has 2 saturated heterocycles. The van der Waals surface area contributed by atoms with Gasteiger partial charge in [0.15, 0.2) is 0 Å². The predicted octanol–water partition coefficient (Wildman–Crippen LogP) is 5.71. The molecule has 2 bridgehead atoms. The van der Waals surface area contributed by atoms with Crippen LogP contribution in [-0.4, -0.2) is 45.2 Å². The average molecular weight is 485 g/mol. The van der Waals surface area contributed by atoms with Crippen LogP contribution in [0.3, 0.4) is 0 Å². The van der Waals surface area contributed by atoms with Crippen molar-refractivity contribution in [3.63, 3.8) is 0 Å². The zero-order valence-electron chi connectivity index (χ0n) is 19.8. The molecule has 3 heterocycles. The molecule has 3 atom stereocenters. The van der Waals surface area contributed by atoms with E-state index in [-0.39, 0.29) is 0 Å². The quantitative estimate of drug-likeness (QED) is 0.467. The summed E-state index contributed by atoms with van der Waals surface area (Å²) in [5, 5.41) is 2.64. The molecular weight excluding hydrogens is 453 g/mol. The fourth-order valence-electron chi connectivity index (χ4n) is 6.16. The monoisotopic (exact) mass is 484 g/mol. The van der Waals surface area contributed by atoms with Gasteiger partial charge in [0.1, 0.15) is 12.2 Å². The van der Waals surface area contributed by atoms with Crippen LogP contribution in [0.2, 0.25) is 0 Å². The maximum atomic E-state index is 12.7. The van der Waals surface area contributed by atoms with Gasteiger partial charge in [-0.05, 0) is 56.7 Å². The molecule has 35 heavy (non-hydrogen) atoms. The van der Waals surface area contributed by atoms with Gasteiger partial charge >= 0.3 is 6.18 Å². The van der Waals surface area contributed by atoms with Crippen LogP contribution in [0.5, 0.6) is 0 Å². The molecule has 2 aromatic carbocycles. The van der Waals surface area contributed by atoms with Gasteiger partial charge in [0.05, 0.1) is 17.1 Å². The molecule has 2 aliphatic heterocycles. The molecule has 2 unspecified atom stereocenters. The Labute approximate surface area is 203 Å². The van der Waals surface area contributed by atoms with Gasteiger partial charge in [-0.2, -0.15) is 13.2 Å². The lowest BCUT2D eigenvalue weighted by Crippen LogP contribution is -2.45. The highest BCUT2D eigenvalue weighted by molar-refractivity contribution is 5.77. The lowest BCUT2D eigenvalue weighted by molar-refractivity contribution is -0.154. The molecule has 1 amide bonds. The van der Waals surface area contributed by atoms with Gasteiger partial charge < -0.3 is 9.88 Å². The third-order valence-corrected chi connectivity index (χ3v) is 7.57. The lowest BCUT2D eigenvalue weighted by Gasteiger charge is -2.40. The number of imidazole rings is 1. The summed E-state index contributed by atoms with van der Waals surface area (Å²) in [4.78, 5) is 19.4. The van der Waals surface area contributed by atoms with Gasteiger partial charge in [-0.1, -0.05) is 42.5 Å². The van der Waals surface area contributed by atoms with E-state index < -0.39 is 24.5 Å². The number of nitrogens with zero attached hydrogens (tertiary/aromatic N) is 3. The third-order valence-electron chi connectivity index (χ3n) is 7.57. The summed E-state index contributed by atoms with van der Waals surface area (Å²) in [6.45, 7) is 2.82. The Bertz CT molecular complexity index is 1160. The van der Waals surface area contributed by atoms with Gasteiger partial charge in [-0.25, -0.2) is 4.98 Å². The highest BCUT2D eigenvalue weighted by Gasteiger charge is 2.42. The molecule has 1 aromatic heterocycles. The first kappa shape index (κ1) is 23.9. The Morgan fingerprint density at radius 3 is 2.37 bits per heavy atom. The van der Waals surface area contributed by atoms with E-state index in [9.17, 15) is 18.0 Å². The number of aromatic nitrogens is 2. The number of hydrogen-bond acceptors (Lipinski definition) is 3. The summed E-state index contributed by atoms with van der Waals surface area (Å²) in [5.41, 5.74) is 3.05. The molecule has 5 nitrogen and oxygen atoms in total. The minimum absolute atomic E-state index is 0.396. The lowest BCUT2D eigenvalue weighted by atomic mass is 9.95. The van der Waals surface area contributed by atoms with Gasteiger partial charge in [-0.15, -0.1) is 0 Å². The van der Waals surface area contributed by atoms with Crippen LogP contribution in [0.1, 0.15) is 62.0 Å². The van der Waals surface area contributed by atoms with E-state index in [1.165, 1.54) is 5.52 Å². The van der Waals surface area contributed by atoms with Crippen LogP contribution < -0.4 is 5.32 Å². The van der Waals surface area contributed by atoms with Crippen LogP contribution in [0, 0.1) is 6.92 Å². The largest absolute Gasteiger partial charge is 0.397 e. The van der Waals surface area contributed by atoms with Crippen molar-refractivity contribution in [1.82, 2.24) is 19.8 Å². The summed E-state index contributed by atoms with van der Waals surface area (Å²) < 4.78 is 40.6. The molecular formula is C27H31F3N4O. The second-order valence-electron chi connectivity index (χ2n) is 9.88. The Hall–Kier alpha value is -2.87. The van der Waals surface area contributed by atoms with Crippen LogP contribution in [0.25, 0.3) is 11.0 Å². The summed E-state index contributed by atoms with van der Waals surface area (Å²) in [6.07, 6.45) is -1.06. The van der Waals surface area contributed by atoms with Crippen molar-refractivity contribution in [3.8, 4) is 0 Å². The van der Waals surface area contributed by atoms with E-state index in [0.717, 1.165) is 49.1 Å². The molecule has 3 aromatic rings. The second kappa shape index (κ2) is 9.64. The van der Waals surface area contributed by atoms with E-state index in [4.69, 9.17) is 4.98 Å².